The lowest BCUT2D eigenvalue weighted by molar-refractivity contribution is 0.102. The van der Waals surface area contributed by atoms with Crippen LogP contribution in [0.1, 0.15) is 0 Å². The predicted molar refractivity (Wildman–Crippen MR) is 88.1 cm³/mol. The molecule has 2 atom stereocenters. The van der Waals surface area contributed by atoms with E-state index in [1.165, 1.54) is 0 Å². The summed E-state index contributed by atoms with van der Waals surface area (Å²) in [6.45, 7) is 3.26. The van der Waals surface area contributed by atoms with E-state index in [0.29, 0.717) is 12.2 Å². The molecule has 0 spiro atoms. The fraction of sp³-hybridized carbons (Fsp3) is 1.00. The van der Waals surface area contributed by atoms with Gasteiger partial charge in [-0.2, -0.15) is 0 Å². The molecule has 0 aromatic carbocycles. The Hall–Kier alpha value is 1.62. The van der Waals surface area contributed by atoms with Crippen molar-refractivity contribution in [3.8, 4) is 0 Å². The molecule has 1 saturated carbocycles. The Morgan fingerprint density at radius 3 is 1.05 bits per heavy atom. The molecule has 0 amide bonds. The van der Waals surface area contributed by atoms with Crippen LogP contribution in [0, 0.1) is 0 Å². The molecule has 2 heterocycles. The van der Waals surface area contributed by atoms with E-state index < -0.39 is 32.3 Å². The lowest BCUT2D eigenvalue weighted by atomic mass is 9.97. The first-order chi connectivity index (χ1) is 9.91. The van der Waals surface area contributed by atoms with Gasteiger partial charge < -0.3 is 14.2 Å². The van der Waals surface area contributed by atoms with Crippen molar-refractivity contribution < 1.29 is 14.2 Å². The molecule has 3 fully saturated rings. The fourth-order valence-corrected chi connectivity index (χ4v) is 4.04. The van der Waals surface area contributed by atoms with Crippen LogP contribution >= 0.6 is 69.6 Å². The summed E-state index contributed by atoms with van der Waals surface area (Å²) in [6, 6.07) is 0. The molecule has 3 aliphatic rings. The van der Waals surface area contributed by atoms with Crippen molar-refractivity contribution in [3.63, 3.8) is 0 Å². The normalized spacial score (nSPS) is 48.3. The van der Waals surface area contributed by atoms with E-state index in [0.717, 1.165) is 26.4 Å². The number of hydrogen-bond acceptors (Lipinski definition) is 3. The summed E-state index contributed by atoms with van der Waals surface area (Å²) in [4.78, 5) is 0. The van der Waals surface area contributed by atoms with Gasteiger partial charge >= 0.3 is 0 Å². The first kappa shape index (κ1) is 19.0. The van der Waals surface area contributed by atoms with E-state index in [2.05, 4.69) is 0 Å². The first-order valence-electron chi connectivity index (χ1n) is 6.57. The highest BCUT2D eigenvalue weighted by Crippen LogP contribution is 2.39. The zero-order valence-corrected chi connectivity index (χ0v) is 15.5. The Kier molecular flexibility index (Phi) is 7.80. The summed E-state index contributed by atoms with van der Waals surface area (Å²) in [7, 11) is 0. The minimum Gasteiger partial charge on any atom is -0.376 e. The quantitative estimate of drug-likeness (QED) is 0.516. The minimum atomic E-state index is -0.437. The third-order valence-corrected chi connectivity index (χ3v) is 7.27. The minimum absolute atomic E-state index is 0.392. The van der Waals surface area contributed by atoms with Crippen LogP contribution < -0.4 is 0 Å². The lowest BCUT2D eigenvalue weighted by Gasteiger charge is -2.37. The van der Waals surface area contributed by atoms with Crippen LogP contribution in [0.4, 0.5) is 0 Å². The van der Waals surface area contributed by atoms with Crippen LogP contribution in [-0.4, -0.2) is 70.9 Å². The topological polar surface area (TPSA) is 34.3 Å². The smallest absolute Gasteiger partial charge is 0.104 e. The van der Waals surface area contributed by atoms with Crippen LogP contribution in [0.3, 0.4) is 0 Å². The molecule has 0 radical (unpaired) electrons. The van der Waals surface area contributed by atoms with E-state index in [4.69, 9.17) is 83.8 Å². The highest BCUT2D eigenvalue weighted by atomic mass is 35.5. The molecule has 3 rings (SSSR count). The Labute approximate surface area is 154 Å². The molecule has 1 aliphatic carbocycles. The van der Waals surface area contributed by atoms with Crippen LogP contribution in [0.2, 0.25) is 0 Å². The van der Waals surface area contributed by atoms with Crippen molar-refractivity contribution >= 4 is 69.6 Å². The summed E-state index contributed by atoms with van der Waals surface area (Å²) in [5.41, 5.74) is 0. The average Bonchev–Trinajstić information content (AvgIpc) is 3.36. The van der Waals surface area contributed by atoms with Gasteiger partial charge in [0.25, 0.3) is 0 Å². The maximum absolute atomic E-state index is 5.88. The Morgan fingerprint density at radius 2 is 0.857 bits per heavy atom. The van der Waals surface area contributed by atoms with Gasteiger partial charge in [-0.05, 0) is 0 Å². The van der Waals surface area contributed by atoms with Gasteiger partial charge in [0, 0.05) is 0 Å². The van der Waals surface area contributed by atoms with E-state index in [1.807, 2.05) is 0 Å². The Bertz CT molecular complexity index is 258. The zero-order valence-electron chi connectivity index (χ0n) is 10.9. The molecule has 2 unspecified atom stereocenters. The van der Waals surface area contributed by atoms with Crippen molar-refractivity contribution in [2.75, 3.05) is 26.4 Å². The third kappa shape index (κ3) is 5.88. The molecule has 0 aromatic rings. The maximum Gasteiger partial charge on any atom is 0.104 e. The van der Waals surface area contributed by atoms with Crippen LogP contribution in [0.25, 0.3) is 0 Å². The molecule has 9 heteroatoms. The molecule has 0 bridgehead atoms. The largest absolute Gasteiger partial charge is 0.376 e. The van der Waals surface area contributed by atoms with Crippen LogP contribution in [-0.2, 0) is 14.2 Å². The number of halogens is 6. The number of rotatable bonds is 4. The van der Waals surface area contributed by atoms with Gasteiger partial charge in [-0.3, -0.25) is 0 Å². The van der Waals surface area contributed by atoms with E-state index in [9.17, 15) is 0 Å². The first-order valence-corrected chi connectivity index (χ1v) is 9.19. The molecule has 2 aliphatic heterocycles. The standard InChI is InChI=1S/C6H6Cl6.C6H10O3/c7-1-2(8)4(10)6(12)5(11)3(1)9;1(5-3-8-5)7-2-6-4-9-6/h1-6H;5-6H,1-4H2. The van der Waals surface area contributed by atoms with Crippen LogP contribution in [0.5, 0.6) is 0 Å². The number of alkyl halides is 6. The summed E-state index contributed by atoms with van der Waals surface area (Å²) in [6.07, 6.45) is 0.785. The highest BCUT2D eigenvalue weighted by molar-refractivity contribution is 6.45. The van der Waals surface area contributed by atoms with Gasteiger partial charge in [-0.15, -0.1) is 69.6 Å². The van der Waals surface area contributed by atoms with Crippen molar-refractivity contribution in [3.05, 3.63) is 0 Å². The number of hydrogen-bond donors (Lipinski definition) is 0. The second-order valence-electron chi connectivity index (χ2n) is 5.11. The van der Waals surface area contributed by atoms with Gasteiger partial charge in [0.15, 0.2) is 0 Å². The monoisotopic (exact) mass is 418 g/mol. The average molecular weight is 421 g/mol. The van der Waals surface area contributed by atoms with Gasteiger partial charge in [-0.25, -0.2) is 0 Å². The van der Waals surface area contributed by atoms with E-state index in [1.54, 1.807) is 0 Å². The molecular weight excluding hydrogens is 405 g/mol. The molecule has 124 valence electrons. The Balaban J connectivity index is 0.000000159. The SMILES string of the molecule is C(OCC1CO1)C1CO1.ClC1C(Cl)C(Cl)C(Cl)C(Cl)C1Cl. The summed E-state index contributed by atoms with van der Waals surface area (Å²) in [5, 5.41) is -2.62. The van der Waals surface area contributed by atoms with Gasteiger partial charge in [0.1, 0.15) is 12.2 Å². The molecule has 0 N–H and O–H groups in total. The van der Waals surface area contributed by atoms with Crippen molar-refractivity contribution in [1.82, 2.24) is 0 Å². The third-order valence-electron chi connectivity index (χ3n) is 3.24. The second-order valence-corrected chi connectivity index (χ2v) is 8.14. The number of ether oxygens (including phenoxy) is 3. The van der Waals surface area contributed by atoms with Gasteiger partial charge in [-0.1, -0.05) is 0 Å². The van der Waals surface area contributed by atoms with Crippen molar-refractivity contribution in [1.29, 1.82) is 0 Å². The summed E-state index contributed by atoms with van der Waals surface area (Å²) in [5.74, 6) is 0. The van der Waals surface area contributed by atoms with Crippen LogP contribution in [0.15, 0.2) is 0 Å². The van der Waals surface area contributed by atoms with E-state index in [-0.39, 0.29) is 0 Å². The molecule has 3 nitrogen and oxygen atoms in total. The van der Waals surface area contributed by atoms with Crippen molar-refractivity contribution in [2.45, 2.75) is 44.5 Å². The fourth-order valence-electron chi connectivity index (χ4n) is 1.71. The Morgan fingerprint density at radius 1 is 0.619 bits per heavy atom. The van der Waals surface area contributed by atoms with Gasteiger partial charge in [0.2, 0.25) is 0 Å². The van der Waals surface area contributed by atoms with E-state index >= 15 is 0 Å². The molecular formula is C12H16Cl6O3. The second kappa shape index (κ2) is 8.64. The highest BCUT2D eigenvalue weighted by Gasteiger charge is 2.46. The molecule has 21 heavy (non-hydrogen) atoms. The number of epoxide rings is 2. The maximum atomic E-state index is 5.88. The summed E-state index contributed by atoms with van der Waals surface area (Å²) >= 11 is 35.3. The predicted octanol–water partition coefficient (Wildman–Crippen LogP) is 3.45. The molecule has 2 saturated heterocycles. The lowest BCUT2D eigenvalue weighted by Crippen LogP contribution is -2.52. The zero-order chi connectivity index (χ0) is 15.6. The van der Waals surface area contributed by atoms with Crippen molar-refractivity contribution in [2.24, 2.45) is 0 Å². The van der Waals surface area contributed by atoms with Gasteiger partial charge in [0.05, 0.1) is 58.7 Å². The summed E-state index contributed by atoms with van der Waals surface area (Å²) < 4.78 is 15.1. The molecule has 0 aromatic heterocycles.